The number of nitrogens with zero attached hydrogens (tertiary/aromatic N) is 2. The zero-order valence-corrected chi connectivity index (χ0v) is 10.2. The van der Waals surface area contributed by atoms with Crippen LogP contribution in [0, 0.1) is 11.3 Å². The van der Waals surface area contributed by atoms with Crippen molar-refractivity contribution in [2.24, 2.45) is 0 Å². The second kappa shape index (κ2) is 4.99. The third-order valence-electron chi connectivity index (χ3n) is 2.64. The van der Waals surface area contributed by atoms with Crippen LogP contribution < -0.4 is 0 Å². The first kappa shape index (κ1) is 11.6. The van der Waals surface area contributed by atoms with Crippen LogP contribution in [0.3, 0.4) is 0 Å². The molecule has 0 unspecified atom stereocenters. The predicted octanol–water partition coefficient (Wildman–Crippen LogP) is 3.84. The number of benzene rings is 1. The fourth-order valence-corrected chi connectivity index (χ4v) is 1.94. The molecule has 0 amide bonds. The van der Waals surface area contributed by atoms with Crippen molar-refractivity contribution in [2.75, 3.05) is 0 Å². The summed E-state index contributed by atoms with van der Waals surface area (Å²) in [5.74, 6) is 0. The average Bonchev–Trinajstić information content (AvgIpc) is 2.38. The lowest BCUT2D eigenvalue weighted by Gasteiger charge is -2.07. The Balaban J connectivity index is 2.54. The highest BCUT2D eigenvalue weighted by atomic mass is 35.5. The number of halogens is 1. The zero-order valence-electron chi connectivity index (χ0n) is 9.44. The van der Waals surface area contributed by atoms with Gasteiger partial charge in [-0.3, -0.25) is 0 Å². The van der Waals surface area contributed by atoms with E-state index in [1.54, 1.807) is 6.07 Å². The molecule has 0 radical (unpaired) electrons. The van der Waals surface area contributed by atoms with E-state index in [-0.39, 0.29) is 5.15 Å². The maximum absolute atomic E-state index is 8.81. The standard InChI is InChI=1S/C14H11ClN2/c1-2-10-5-3-4-6-12(10)13-8-7-11(9-16)14(15)17-13/h3-8H,2H2,1H3. The summed E-state index contributed by atoms with van der Waals surface area (Å²) in [5, 5.41) is 9.07. The maximum atomic E-state index is 8.81. The van der Waals surface area contributed by atoms with Crippen LogP contribution in [0.15, 0.2) is 36.4 Å². The normalized spacial score (nSPS) is 9.94. The summed E-state index contributed by atoms with van der Waals surface area (Å²) in [6, 6.07) is 13.6. The van der Waals surface area contributed by atoms with Gasteiger partial charge in [-0.1, -0.05) is 42.8 Å². The molecule has 0 spiro atoms. The number of aryl methyl sites for hydroxylation is 1. The van der Waals surface area contributed by atoms with E-state index >= 15 is 0 Å². The summed E-state index contributed by atoms with van der Waals surface area (Å²) in [5.41, 5.74) is 3.51. The third kappa shape index (κ3) is 2.30. The molecule has 1 aromatic heterocycles. The lowest BCUT2D eigenvalue weighted by Crippen LogP contribution is -1.91. The number of rotatable bonds is 2. The zero-order chi connectivity index (χ0) is 12.3. The number of hydrogen-bond acceptors (Lipinski definition) is 2. The number of hydrogen-bond donors (Lipinski definition) is 0. The quantitative estimate of drug-likeness (QED) is 0.751. The molecule has 3 heteroatoms. The van der Waals surface area contributed by atoms with E-state index in [9.17, 15) is 0 Å². The van der Waals surface area contributed by atoms with Crippen LogP contribution in [-0.2, 0) is 6.42 Å². The van der Waals surface area contributed by atoms with Gasteiger partial charge in [0.1, 0.15) is 11.2 Å². The van der Waals surface area contributed by atoms with Gasteiger partial charge < -0.3 is 0 Å². The lowest BCUT2D eigenvalue weighted by atomic mass is 10.0. The second-order valence-corrected chi connectivity index (χ2v) is 4.02. The van der Waals surface area contributed by atoms with Crippen molar-refractivity contribution in [1.29, 1.82) is 5.26 Å². The molecule has 0 saturated heterocycles. The van der Waals surface area contributed by atoms with Crippen molar-refractivity contribution < 1.29 is 0 Å². The van der Waals surface area contributed by atoms with Crippen LogP contribution in [0.25, 0.3) is 11.3 Å². The van der Waals surface area contributed by atoms with Gasteiger partial charge in [0.15, 0.2) is 0 Å². The SMILES string of the molecule is CCc1ccccc1-c1ccc(C#N)c(Cl)n1. The van der Waals surface area contributed by atoms with Crippen LogP contribution in [0.2, 0.25) is 5.15 Å². The van der Waals surface area contributed by atoms with Gasteiger partial charge in [-0.15, -0.1) is 0 Å². The molecule has 0 bridgehead atoms. The number of aromatic nitrogens is 1. The molecule has 1 heterocycles. The first-order valence-corrected chi connectivity index (χ1v) is 5.79. The van der Waals surface area contributed by atoms with Gasteiger partial charge in [-0.05, 0) is 24.1 Å². The smallest absolute Gasteiger partial charge is 0.147 e. The van der Waals surface area contributed by atoms with Gasteiger partial charge in [0.2, 0.25) is 0 Å². The minimum absolute atomic E-state index is 0.260. The molecular formula is C14H11ClN2. The first-order valence-electron chi connectivity index (χ1n) is 5.41. The minimum Gasteiger partial charge on any atom is -0.235 e. The minimum atomic E-state index is 0.260. The van der Waals surface area contributed by atoms with Crippen molar-refractivity contribution in [3.05, 3.63) is 52.7 Å². The summed E-state index contributed by atoms with van der Waals surface area (Å²) >= 11 is 5.94. The predicted molar refractivity (Wildman–Crippen MR) is 68.8 cm³/mol. The highest BCUT2D eigenvalue weighted by Crippen LogP contribution is 2.24. The highest BCUT2D eigenvalue weighted by molar-refractivity contribution is 6.30. The summed E-state index contributed by atoms with van der Waals surface area (Å²) < 4.78 is 0. The highest BCUT2D eigenvalue weighted by Gasteiger charge is 2.07. The van der Waals surface area contributed by atoms with Crippen LogP contribution in [0.4, 0.5) is 0 Å². The van der Waals surface area contributed by atoms with Crippen LogP contribution >= 0.6 is 11.6 Å². The summed E-state index contributed by atoms with van der Waals surface area (Å²) in [6.07, 6.45) is 0.940. The van der Waals surface area contributed by atoms with Crippen molar-refractivity contribution in [3.8, 4) is 17.3 Å². The molecule has 2 rings (SSSR count). The molecule has 0 aliphatic heterocycles. The van der Waals surface area contributed by atoms with E-state index in [1.165, 1.54) is 5.56 Å². The van der Waals surface area contributed by atoms with Crippen LogP contribution in [0.5, 0.6) is 0 Å². The van der Waals surface area contributed by atoms with Crippen molar-refractivity contribution >= 4 is 11.6 Å². The van der Waals surface area contributed by atoms with Gasteiger partial charge >= 0.3 is 0 Å². The molecule has 2 aromatic rings. The molecule has 1 aromatic carbocycles. The van der Waals surface area contributed by atoms with Gasteiger partial charge in [0, 0.05) is 5.56 Å². The average molecular weight is 243 g/mol. The molecule has 84 valence electrons. The molecular weight excluding hydrogens is 232 g/mol. The Hall–Kier alpha value is -1.85. The van der Waals surface area contributed by atoms with E-state index in [1.807, 2.05) is 30.3 Å². The molecule has 0 N–H and O–H groups in total. The number of pyridine rings is 1. The van der Waals surface area contributed by atoms with Gasteiger partial charge in [-0.2, -0.15) is 5.26 Å². The summed E-state index contributed by atoms with van der Waals surface area (Å²) in [6.45, 7) is 2.10. The molecule has 0 atom stereocenters. The molecule has 0 aliphatic rings. The van der Waals surface area contributed by atoms with Gasteiger partial charge in [-0.25, -0.2) is 4.98 Å². The lowest BCUT2D eigenvalue weighted by molar-refractivity contribution is 1.13. The largest absolute Gasteiger partial charge is 0.235 e. The van der Waals surface area contributed by atoms with Crippen LogP contribution in [0.1, 0.15) is 18.1 Å². The Bertz CT molecular complexity index is 585. The van der Waals surface area contributed by atoms with E-state index in [2.05, 4.69) is 18.0 Å². The van der Waals surface area contributed by atoms with E-state index in [0.29, 0.717) is 5.56 Å². The molecule has 0 aliphatic carbocycles. The van der Waals surface area contributed by atoms with E-state index in [4.69, 9.17) is 16.9 Å². The maximum Gasteiger partial charge on any atom is 0.147 e. The Morgan fingerprint density at radius 2 is 2.00 bits per heavy atom. The monoisotopic (exact) mass is 242 g/mol. The number of nitriles is 1. The first-order chi connectivity index (χ1) is 8.26. The van der Waals surface area contributed by atoms with E-state index < -0.39 is 0 Å². The third-order valence-corrected chi connectivity index (χ3v) is 2.93. The van der Waals surface area contributed by atoms with Gasteiger partial charge in [0.25, 0.3) is 0 Å². The Kier molecular flexibility index (Phi) is 3.41. The van der Waals surface area contributed by atoms with Crippen LogP contribution in [-0.4, -0.2) is 4.98 Å². The Morgan fingerprint density at radius 1 is 1.24 bits per heavy atom. The van der Waals surface area contributed by atoms with Crippen molar-refractivity contribution in [1.82, 2.24) is 4.98 Å². The fraction of sp³-hybridized carbons (Fsp3) is 0.143. The molecule has 2 nitrogen and oxygen atoms in total. The molecule has 17 heavy (non-hydrogen) atoms. The van der Waals surface area contributed by atoms with E-state index in [0.717, 1.165) is 17.7 Å². The topological polar surface area (TPSA) is 36.7 Å². The van der Waals surface area contributed by atoms with Gasteiger partial charge in [0.05, 0.1) is 11.3 Å². The fourth-order valence-electron chi connectivity index (χ4n) is 1.75. The molecule has 0 saturated carbocycles. The Labute approximate surface area is 105 Å². The second-order valence-electron chi connectivity index (χ2n) is 3.66. The summed E-state index contributed by atoms with van der Waals surface area (Å²) in [7, 11) is 0. The summed E-state index contributed by atoms with van der Waals surface area (Å²) in [4.78, 5) is 4.27. The van der Waals surface area contributed by atoms with Crippen molar-refractivity contribution in [3.63, 3.8) is 0 Å². The molecule has 0 fully saturated rings. The van der Waals surface area contributed by atoms with Crippen molar-refractivity contribution in [2.45, 2.75) is 13.3 Å². The Morgan fingerprint density at radius 3 is 2.65 bits per heavy atom.